The molecule has 3 unspecified atom stereocenters. The molecule has 0 aromatic carbocycles. The minimum atomic E-state index is -3.18. The number of nitrogens with one attached hydrogen (secondary N) is 1. The Hall–Kier alpha value is -0.170. The van der Waals surface area contributed by atoms with Crippen molar-refractivity contribution in [2.75, 3.05) is 26.3 Å². The zero-order valence-electron chi connectivity index (χ0n) is 10.7. The summed E-state index contributed by atoms with van der Waals surface area (Å²) in [7, 11) is -3.18. The minimum absolute atomic E-state index is 0.171. The predicted octanol–water partition coefficient (Wildman–Crippen LogP) is 0.321. The molecule has 0 saturated carbocycles. The van der Waals surface area contributed by atoms with E-state index in [1.54, 1.807) is 0 Å². The first kappa shape index (κ1) is 12.8. The molecule has 3 heterocycles. The van der Waals surface area contributed by atoms with Crippen LogP contribution in [-0.4, -0.2) is 56.4 Å². The van der Waals surface area contributed by atoms with Gasteiger partial charge in [0.05, 0.1) is 11.9 Å². The van der Waals surface area contributed by atoms with Crippen molar-refractivity contribution >= 4 is 10.0 Å². The third-order valence-electron chi connectivity index (χ3n) is 4.42. The summed E-state index contributed by atoms with van der Waals surface area (Å²) >= 11 is 0. The normalized spacial score (nSPS) is 38.6. The van der Waals surface area contributed by atoms with Crippen LogP contribution < -0.4 is 5.32 Å². The monoisotopic (exact) mass is 274 g/mol. The summed E-state index contributed by atoms with van der Waals surface area (Å²) in [6.07, 6.45) is 4.60. The summed E-state index contributed by atoms with van der Waals surface area (Å²) in [5.74, 6) is 0. The van der Waals surface area contributed by atoms with Crippen LogP contribution in [0.15, 0.2) is 0 Å². The molecule has 3 saturated heterocycles. The molecule has 0 radical (unpaired) electrons. The third kappa shape index (κ3) is 2.19. The van der Waals surface area contributed by atoms with Gasteiger partial charge in [-0.25, -0.2) is 8.42 Å². The van der Waals surface area contributed by atoms with E-state index in [0.717, 1.165) is 45.2 Å². The lowest BCUT2D eigenvalue weighted by Crippen LogP contribution is -2.49. The largest absolute Gasteiger partial charge is 0.380 e. The quantitative estimate of drug-likeness (QED) is 0.788. The fraction of sp³-hybridized carbons (Fsp3) is 1.00. The molecule has 0 spiro atoms. The summed E-state index contributed by atoms with van der Waals surface area (Å²) in [6.45, 7) is 2.84. The molecule has 6 heteroatoms. The number of fused-ring (bicyclic) bond motifs is 2. The molecular formula is C12H22N2O3S. The van der Waals surface area contributed by atoms with Gasteiger partial charge >= 0.3 is 0 Å². The second-order valence-electron chi connectivity index (χ2n) is 5.59. The number of hydrogen-bond acceptors (Lipinski definition) is 4. The van der Waals surface area contributed by atoms with Crippen LogP contribution in [0.4, 0.5) is 0 Å². The molecule has 0 aliphatic carbocycles. The van der Waals surface area contributed by atoms with Crippen LogP contribution in [0.2, 0.25) is 0 Å². The fourth-order valence-electron chi connectivity index (χ4n) is 3.47. The van der Waals surface area contributed by atoms with Gasteiger partial charge in [0.2, 0.25) is 10.0 Å². The molecule has 0 amide bonds. The smallest absolute Gasteiger partial charge is 0.219 e. The molecule has 0 aromatic heterocycles. The second-order valence-corrected chi connectivity index (χ2v) is 7.71. The molecular weight excluding hydrogens is 252 g/mol. The predicted molar refractivity (Wildman–Crippen MR) is 68.9 cm³/mol. The lowest BCUT2D eigenvalue weighted by atomic mass is 10.1. The molecule has 18 heavy (non-hydrogen) atoms. The van der Waals surface area contributed by atoms with E-state index in [2.05, 4.69) is 5.32 Å². The first-order valence-electron chi connectivity index (χ1n) is 7.00. The Bertz CT molecular complexity index is 378. The van der Waals surface area contributed by atoms with E-state index in [4.69, 9.17) is 4.74 Å². The molecule has 3 aliphatic rings. The van der Waals surface area contributed by atoms with Gasteiger partial charge in [-0.1, -0.05) is 0 Å². The van der Waals surface area contributed by atoms with Crippen LogP contribution in [-0.2, 0) is 14.8 Å². The Balaban J connectivity index is 1.83. The van der Waals surface area contributed by atoms with E-state index >= 15 is 0 Å². The summed E-state index contributed by atoms with van der Waals surface area (Å²) in [5.41, 5.74) is 0. The van der Waals surface area contributed by atoms with Crippen molar-refractivity contribution < 1.29 is 13.2 Å². The Labute approximate surface area is 109 Å². The first-order chi connectivity index (χ1) is 8.69. The maximum Gasteiger partial charge on any atom is 0.219 e. The molecule has 3 aliphatic heterocycles. The zero-order chi connectivity index (χ0) is 12.6. The van der Waals surface area contributed by atoms with Crippen LogP contribution in [0.5, 0.6) is 0 Å². The summed E-state index contributed by atoms with van der Waals surface area (Å²) in [6, 6.07) is 0.390. The third-order valence-corrected chi connectivity index (χ3v) is 6.82. The van der Waals surface area contributed by atoms with Gasteiger partial charge in [0.1, 0.15) is 0 Å². The van der Waals surface area contributed by atoms with E-state index in [0.29, 0.717) is 13.2 Å². The minimum Gasteiger partial charge on any atom is -0.380 e. The molecule has 0 aromatic rings. The number of sulfonamides is 1. The molecule has 3 atom stereocenters. The second kappa shape index (κ2) is 5.07. The Morgan fingerprint density at radius 3 is 2.72 bits per heavy atom. The number of ether oxygens (including phenoxy) is 1. The highest BCUT2D eigenvalue weighted by atomic mass is 32.2. The molecule has 3 fully saturated rings. The molecule has 1 N–H and O–H groups in total. The highest BCUT2D eigenvalue weighted by molar-refractivity contribution is 7.89. The van der Waals surface area contributed by atoms with Crippen LogP contribution in [0.3, 0.4) is 0 Å². The Morgan fingerprint density at radius 2 is 1.94 bits per heavy atom. The van der Waals surface area contributed by atoms with Crippen molar-refractivity contribution in [2.24, 2.45) is 0 Å². The van der Waals surface area contributed by atoms with Crippen molar-refractivity contribution in [1.29, 1.82) is 0 Å². The van der Waals surface area contributed by atoms with E-state index in [9.17, 15) is 8.42 Å². The average molecular weight is 274 g/mol. The fourth-order valence-corrected chi connectivity index (χ4v) is 5.77. The zero-order valence-corrected chi connectivity index (χ0v) is 11.5. The van der Waals surface area contributed by atoms with Gasteiger partial charge in [-0.15, -0.1) is 0 Å². The highest BCUT2D eigenvalue weighted by Gasteiger charge is 2.45. The van der Waals surface area contributed by atoms with Gasteiger partial charge in [-0.05, 0) is 38.6 Å². The number of nitrogens with zero attached hydrogens (tertiary/aromatic N) is 1. The molecule has 104 valence electrons. The van der Waals surface area contributed by atoms with Crippen LogP contribution in [0.1, 0.15) is 32.1 Å². The molecule has 3 rings (SSSR count). The number of rotatable bonds is 2. The standard InChI is InChI=1S/C12H22N2O3S/c15-18(16,12-2-1-7-17-9-12)14-10-3-4-11(14)8-13-6-5-10/h10-13H,1-9H2. The topological polar surface area (TPSA) is 58.6 Å². The van der Waals surface area contributed by atoms with Crippen LogP contribution >= 0.6 is 0 Å². The summed E-state index contributed by atoms with van der Waals surface area (Å²) in [5, 5.41) is 3.03. The van der Waals surface area contributed by atoms with Crippen molar-refractivity contribution in [2.45, 2.75) is 49.4 Å². The number of hydrogen-bond donors (Lipinski definition) is 1. The van der Waals surface area contributed by atoms with E-state index < -0.39 is 10.0 Å². The molecule has 2 bridgehead atoms. The van der Waals surface area contributed by atoms with E-state index in [-0.39, 0.29) is 17.3 Å². The lowest BCUT2D eigenvalue weighted by molar-refractivity contribution is 0.0968. The van der Waals surface area contributed by atoms with Gasteiger partial charge in [-0.2, -0.15) is 4.31 Å². The van der Waals surface area contributed by atoms with E-state index in [1.807, 2.05) is 4.31 Å². The molecule has 5 nitrogen and oxygen atoms in total. The van der Waals surface area contributed by atoms with Gasteiger partial charge in [-0.3, -0.25) is 0 Å². The maximum atomic E-state index is 12.8. The van der Waals surface area contributed by atoms with Gasteiger partial charge in [0, 0.05) is 25.2 Å². The highest BCUT2D eigenvalue weighted by Crippen LogP contribution is 2.33. The lowest BCUT2D eigenvalue weighted by Gasteiger charge is -2.32. The van der Waals surface area contributed by atoms with Gasteiger partial charge < -0.3 is 10.1 Å². The van der Waals surface area contributed by atoms with Crippen LogP contribution in [0.25, 0.3) is 0 Å². The Morgan fingerprint density at radius 1 is 1.11 bits per heavy atom. The SMILES string of the molecule is O=S(=O)(C1CCCOC1)N1C2CCNCC1CC2. The van der Waals surface area contributed by atoms with Crippen molar-refractivity contribution in [3.8, 4) is 0 Å². The van der Waals surface area contributed by atoms with Crippen molar-refractivity contribution in [3.63, 3.8) is 0 Å². The summed E-state index contributed by atoms with van der Waals surface area (Å²) in [4.78, 5) is 0. The van der Waals surface area contributed by atoms with E-state index in [1.165, 1.54) is 0 Å². The van der Waals surface area contributed by atoms with Crippen molar-refractivity contribution in [3.05, 3.63) is 0 Å². The van der Waals surface area contributed by atoms with Crippen molar-refractivity contribution in [1.82, 2.24) is 9.62 Å². The summed E-state index contributed by atoms with van der Waals surface area (Å²) < 4.78 is 32.7. The van der Waals surface area contributed by atoms with Gasteiger partial charge in [0.15, 0.2) is 0 Å². The first-order valence-corrected chi connectivity index (χ1v) is 8.51. The average Bonchev–Trinajstić information content (AvgIpc) is 2.64. The Kier molecular flexibility index (Phi) is 3.62. The maximum absolute atomic E-state index is 12.8. The van der Waals surface area contributed by atoms with Crippen LogP contribution in [0, 0.1) is 0 Å². The van der Waals surface area contributed by atoms with Gasteiger partial charge in [0.25, 0.3) is 0 Å².